The number of hydrogen-bond donors (Lipinski definition) is 2. The highest BCUT2D eigenvalue weighted by Gasteiger charge is 2.24. The van der Waals surface area contributed by atoms with Gasteiger partial charge in [-0.05, 0) is 44.8 Å². The number of aromatic nitrogens is 2. The summed E-state index contributed by atoms with van der Waals surface area (Å²) in [6.07, 6.45) is 1.84. The van der Waals surface area contributed by atoms with E-state index in [1.165, 1.54) is 16.7 Å². The Labute approximate surface area is 159 Å². The molecule has 2 aromatic carbocycles. The zero-order valence-corrected chi connectivity index (χ0v) is 15.7. The summed E-state index contributed by atoms with van der Waals surface area (Å²) in [6, 6.07) is 16.1. The van der Waals surface area contributed by atoms with Crippen LogP contribution in [0.1, 0.15) is 27.9 Å². The molecule has 5 nitrogen and oxygen atoms in total. The van der Waals surface area contributed by atoms with Crippen molar-refractivity contribution < 1.29 is 4.79 Å². The first-order valence-corrected chi connectivity index (χ1v) is 9.32. The van der Waals surface area contributed by atoms with Crippen LogP contribution in [0.2, 0.25) is 0 Å². The number of nitrogens with zero attached hydrogens (tertiary/aromatic N) is 2. The van der Waals surface area contributed by atoms with Gasteiger partial charge >= 0.3 is 0 Å². The molecule has 1 heterocycles. The van der Waals surface area contributed by atoms with Gasteiger partial charge in [-0.3, -0.25) is 9.89 Å². The van der Waals surface area contributed by atoms with E-state index < -0.39 is 0 Å². The zero-order valence-electron chi connectivity index (χ0n) is 15.7. The minimum atomic E-state index is -0.0278. The summed E-state index contributed by atoms with van der Waals surface area (Å²) in [5, 5.41) is 10.7. The molecule has 0 fully saturated rings. The molecule has 0 unspecified atom stereocenters. The molecular weight excluding hydrogens is 336 g/mol. The van der Waals surface area contributed by atoms with E-state index in [2.05, 4.69) is 44.7 Å². The SMILES string of the molecule is CN(C)CCCNC(=O)c1ccc(-c2n[nH]c3c2Cc2ccccc2-3)cc1. The number of rotatable bonds is 6. The monoisotopic (exact) mass is 360 g/mol. The van der Waals surface area contributed by atoms with Crippen molar-refractivity contribution in [2.75, 3.05) is 27.2 Å². The van der Waals surface area contributed by atoms with Crippen LogP contribution in [0.25, 0.3) is 22.5 Å². The first kappa shape index (κ1) is 17.5. The van der Waals surface area contributed by atoms with Crippen molar-refractivity contribution in [3.05, 3.63) is 65.2 Å². The van der Waals surface area contributed by atoms with Gasteiger partial charge in [-0.15, -0.1) is 0 Å². The Morgan fingerprint density at radius 1 is 1.15 bits per heavy atom. The second-order valence-electron chi connectivity index (χ2n) is 7.25. The van der Waals surface area contributed by atoms with Gasteiger partial charge in [-0.2, -0.15) is 5.10 Å². The first-order valence-electron chi connectivity index (χ1n) is 9.32. The minimum absolute atomic E-state index is 0.0278. The molecule has 27 heavy (non-hydrogen) atoms. The third-order valence-corrected chi connectivity index (χ3v) is 5.01. The molecule has 0 spiro atoms. The van der Waals surface area contributed by atoms with Gasteiger partial charge < -0.3 is 10.2 Å². The minimum Gasteiger partial charge on any atom is -0.352 e. The molecule has 0 aliphatic heterocycles. The number of amides is 1. The third kappa shape index (κ3) is 3.51. The normalized spacial score (nSPS) is 12.1. The fraction of sp³-hybridized carbons (Fsp3) is 0.273. The Morgan fingerprint density at radius 3 is 2.70 bits per heavy atom. The van der Waals surface area contributed by atoms with E-state index in [1.807, 2.05) is 38.4 Å². The number of aromatic amines is 1. The average molecular weight is 360 g/mol. The fourth-order valence-corrected chi connectivity index (χ4v) is 3.59. The molecule has 1 amide bonds. The maximum Gasteiger partial charge on any atom is 0.251 e. The van der Waals surface area contributed by atoms with E-state index in [-0.39, 0.29) is 5.91 Å². The lowest BCUT2D eigenvalue weighted by Gasteiger charge is -2.10. The largest absolute Gasteiger partial charge is 0.352 e. The summed E-state index contributed by atoms with van der Waals surface area (Å²) in [4.78, 5) is 14.4. The Morgan fingerprint density at radius 2 is 1.93 bits per heavy atom. The lowest BCUT2D eigenvalue weighted by molar-refractivity contribution is 0.0952. The molecule has 0 bridgehead atoms. The first-order chi connectivity index (χ1) is 13.1. The number of fused-ring (bicyclic) bond motifs is 3. The molecule has 4 rings (SSSR count). The summed E-state index contributed by atoms with van der Waals surface area (Å²) >= 11 is 0. The summed E-state index contributed by atoms with van der Waals surface area (Å²) in [5.41, 5.74) is 7.60. The molecular formula is C22H24N4O. The highest BCUT2D eigenvalue weighted by atomic mass is 16.1. The van der Waals surface area contributed by atoms with E-state index >= 15 is 0 Å². The second kappa shape index (κ2) is 7.37. The smallest absolute Gasteiger partial charge is 0.251 e. The molecule has 5 heteroatoms. The van der Waals surface area contributed by atoms with Crippen LogP contribution in [0.3, 0.4) is 0 Å². The molecule has 0 atom stereocenters. The van der Waals surface area contributed by atoms with Crippen LogP contribution in [0.5, 0.6) is 0 Å². The molecule has 1 aliphatic rings. The Balaban J connectivity index is 1.46. The van der Waals surface area contributed by atoms with Crippen LogP contribution in [-0.4, -0.2) is 48.2 Å². The number of nitrogens with one attached hydrogen (secondary N) is 2. The van der Waals surface area contributed by atoms with Crippen molar-refractivity contribution in [1.82, 2.24) is 20.4 Å². The predicted molar refractivity (Wildman–Crippen MR) is 108 cm³/mol. The maximum absolute atomic E-state index is 12.3. The summed E-state index contributed by atoms with van der Waals surface area (Å²) in [5.74, 6) is -0.0278. The van der Waals surface area contributed by atoms with Gasteiger partial charge in [0.05, 0.1) is 11.4 Å². The maximum atomic E-state index is 12.3. The summed E-state index contributed by atoms with van der Waals surface area (Å²) in [6.45, 7) is 1.65. The van der Waals surface area contributed by atoms with Gasteiger partial charge in [0.1, 0.15) is 0 Å². The molecule has 0 radical (unpaired) electrons. The average Bonchev–Trinajstić information content (AvgIpc) is 3.24. The fourth-order valence-electron chi connectivity index (χ4n) is 3.59. The Hall–Kier alpha value is -2.92. The van der Waals surface area contributed by atoms with Crippen LogP contribution in [-0.2, 0) is 6.42 Å². The van der Waals surface area contributed by atoms with Crippen molar-refractivity contribution in [3.63, 3.8) is 0 Å². The van der Waals surface area contributed by atoms with Crippen molar-refractivity contribution in [3.8, 4) is 22.5 Å². The second-order valence-corrected chi connectivity index (χ2v) is 7.25. The Kier molecular flexibility index (Phi) is 4.77. The molecule has 1 aromatic heterocycles. The molecule has 0 saturated heterocycles. The lowest BCUT2D eigenvalue weighted by Crippen LogP contribution is -2.27. The van der Waals surface area contributed by atoms with Crippen molar-refractivity contribution in [2.24, 2.45) is 0 Å². The van der Waals surface area contributed by atoms with Crippen LogP contribution < -0.4 is 5.32 Å². The van der Waals surface area contributed by atoms with E-state index in [0.29, 0.717) is 12.1 Å². The van der Waals surface area contributed by atoms with Crippen molar-refractivity contribution in [2.45, 2.75) is 12.8 Å². The highest BCUT2D eigenvalue weighted by Crippen LogP contribution is 2.39. The standard InChI is InChI=1S/C22H24N4O/c1-26(2)13-5-12-23-22(27)16-10-8-15(9-11-16)20-19-14-17-6-3-4-7-18(17)21(19)25-24-20/h3-4,6-11H,5,12-14H2,1-2H3,(H,23,27)(H,24,25). The van der Waals surface area contributed by atoms with Gasteiger partial charge in [0.25, 0.3) is 5.91 Å². The summed E-state index contributed by atoms with van der Waals surface area (Å²) < 4.78 is 0. The molecule has 138 valence electrons. The number of carbonyl (C=O) groups is 1. The van der Waals surface area contributed by atoms with Crippen LogP contribution in [0.4, 0.5) is 0 Å². The van der Waals surface area contributed by atoms with Gasteiger partial charge in [0, 0.05) is 35.2 Å². The van der Waals surface area contributed by atoms with Gasteiger partial charge in [0.2, 0.25) is 0 Å². The molecule has 1 aliphatic carbocycles. The van der Waals surface area contributed by atoms with E-state index in [4.69, 9.17) is 0 Å². The lowest BCUT2D eigenvalue weighted by atomic mass is 10.0. The molecule has 3 aromatic rings. The van der Waals surface area contributed by atoms with E-state index in [9.17, 15) is 4.79 Å². The van der Waals surface area contributed by atoms with Crippen molar-refractivity contribution >= 4 is 5.91 Å². The van der Waals surface area contributed by atoms with Crippen LogP contribution in [0, 0.1) is 0 Å². The topological polar surface area (TPSA) is 61.0 Å². The number of hydrogen-bond acceptors (Lipinski definition) is 3. The molecule has 2 N–H and O–H groups in total. The van der Waals surface area contributed by atoms with E-state index in [1.54, 1.807) is 0 Å². The van der Waals surface area contributed by atoms with Gasteiger partial charge in [0.15, 0.2) is 0 Å². The Bertz CT molecular complexity index is 957. The quantitative estimate of drug-likeness (QED) is 0.519. The summed E-state index contributed by atoms with van der Waals surface area (Å²) in [7, 11) is 4.07. The van der Waals surface area contributed by atoms with Gasteiger partial charge in [-0.25, -0.2) is 0 Å². The highest BCUT2D eigenvalue weighted by molar-refractivity contribution is 5.94. The zero-order chi connectivity index (χ0) is 18.8. The van der Waals surface area contributed by atoms with Crippen LogP contribution >= 0.6 is 0 Å². The van der Waals surface area contributed by atoms with Crippen LogP contribution in [0.15, 0.2) is 48.5 Å². The predicted octanol–water partition coefficient (Wildman–Crippen LogP) is 3.33. The van der Waals surface area contributed by atoms with Crippen molar-refractivity contribution in [1.29, 1.82) is 0 Å². The van der Waals surface area contributed by atoms with Gasteiger partial charge in [-0.1, -0.05) is 36.4 Å². The van der Waals surface area contributed by atoms with E-state index in [0.717, 1.165) is 36.3 Å². The number of H-pyrrole nitrogens is 1. The number of benzene rings is 2. The number of carbonyl (C=O) groups excluding carboxylic acids is 1. The third-order valence-electron chi connectivity index (χ3n) is 5.01. The molecule has 0 saturated carbocycles.